The Morgan fingerprint density at radius 1 is 1.15 bits per heavy atom. The molecule has 0 saturated heterocycles. The molecule has 0 heterocycles. The average molecular weight is 297 g/mol. The van der Waals surface area contributed by atoms with Crippen molar-refractivity contribution in [2.75, 3.05) is 0 Å². The minimum atomic E-state index is -3.37. The minimum Gasteiger partial charge on any atom is -0.481 e. The first-order chi connectivity index (χ1) is 9.46. The highest BCUT2D eigenvalue weighted by atomic mass is 32.2. The number of aliphatic carboxylic acids is 1. The lowest BCUT2D eigenvalue weighted by atomic mass is 9.87. The number of carboxylic acids is 1. The highest BCUT2D eigenvalue weighted by molar-refractivity contribution is 7.88. The molecule has 0 radical (unpaired) electrons. The van der Waals surface area contributed by atoms with E-state index >= 15 is 0 Å². The van der Waals surface area contributed by atoms with Gasteiger partial charge in [-0.05, 0) is 31.2 Å². The van der Waals surface area contributed by atoms with Crippen LogP contribution in [0.2, 0.25) is 0 Å². The van der Waals surface area contributed by atoms with Crippen molar-refractivity contribution in [2.45, 2.75) is 37.5 Å². The summed E-state index contributed by atoms with van der Waals surface area (Å²) in [6.45, 7) is 0. The smallest absolute Gasteiger partial charge is 0.306 e. The van der Waals surface area contributed by atoms with E-state index in [-0.39, 0.29) is 17.7 Å². The van der Waals surface area contributed by atoms with Gasteiger partial charge in [-0.3, -0.25) is 4.79 Å². The van der Waals surface area contributed by atoms with E-state index in [1.54, 1.807) is 12.1 Å². The largest absolute Gasteiger partial charge is 0.481 e. The van der Waals surface area contributed by atoms with Crippen LogP contribution in [-0.2, 0) is 20.6 Å². The van der Waals surface area contributed by atoms with Crippen LogP contribution in [-0.4, -0.2) is 25.5 Å². The number of hydrogen-bond acceptors (Lipinski definition) is 3. The van der Waals surface area contributed by atoms with Gasteiger partial charge in [0.05, 0.1) is 11.7 Å². The van der Waals surface area contributed by atoms with Crippen molar-refractivity contribution in [1.82, 2.24) is 4.72 Å². The summed E-state index contributed by atoms with van der Waals surface area (Å²) in [7, 11) is -3.37. The van der Waals surface area contributed by atoms with E-state index in [9.17, 15) is 13.2 Å². The molecule has 0 aromatic heterocycles. The first kappa shape index (κ1) is 15.0. The highest BCUT2D eigenvalue weighted by Crippen LogP contribution is 2.25. The van der Waals surface area contributed by atoms with Crippen LogP contribution in [0.25, 0.3) is 0 Å². The standard InChI is InChI=1S/C14H19NO4S/c16-14(17)12-6-8-13(9-7-12)15-20(18,19)10-11-4-2-1-3-5-11/h1-5,12-13,15H,6-10H2,(H,16,17). The van der Waals surface area contributed by atoms with E-state index in [4.69, 9.17) is 5.11 Å². The van der Waals surface area contributed by atoms with E-state index in [1.807, 2.05) is 18.2 Å². The molecule has 0 atom stereocenters. The number of sulfonamides is 1. The van der Waals surface area contributed by atoms with Crippen molar-refractivity contribution in [2.24, 2.45) is 5.92 Å². The molecule has 0 bridgehead atoms. The second-order valence-corrected chi connectivity index (χ2v) is 7.00. The van der Waals surface area contributed by atoms with Crippen molar-refractivity contribution in [3.05, 3.63) is 35.9 Å². The maximum absolute atomic E-state index is 12.1. The van der Waals surface area contributed by atoms with Crippen molar-refractivity contribution in [1.29, 1.82) is 0 Å². The zero-order chi connectivity index (χ0) is 14.6. The third-order valence-electron chi connectivity index (χ3n) is 3.62. The van der Waals surface area contributed by atoms with Crippen molar-refractivity contribution < 1.29 is 18.3 Å². The van der Waals surface area contributed by atoms with Gasteiger partial charge in [-0.2, -0.15) is 0 Å². The Labute approximate surface area is 119 Å². The highest BCUT2D eigenvalue weighted by Gasteiger charge is 2.28. The Hall–Kier alpha value is -1.40. The van der Waals surface area contributed by atoms with E-state index in [0.29, 0.717) is 25.7 Å². The van der Waals surface area contributed by atoms with Crippen molar-refractivity contribution in [3.63, 3.8) is 0 Å². The van der Waals surface area contributed by atoms with Crippen LogP contribution in [0.5, 0.6) is 0 Å². The Bertz CT molecular complexity index is 548. The molecule has 1 aliphatic rings. The van der Waals surface area contributed by atoms with Crippen molar-refractivity contribution in [3.8, 4) is 0 Å². The van der Waals surface area contributed by atoms with E-state index in [1.165, 1.54) is 0 Å². The molecule has 20 heavy (non-hydrogen) atoms. The summed E-state index contributed by atoms with van der Waals surface area (Å²) in [5.41, 5.74) is 0.749. The van der Waals surface area contributed by atoms with Crippen LogP contribution in [0.15, 0.2) is 30.3 Å². The van der Waals surface area contributed by atoms with Gasteiger partial charge < -0.3 is 5.11 Å². The molecule has 1 aromatic carbocycles. The first-order valence-electron chi connectivity index (χ1n) is 6.73. The van der Waals surface area contributed by atoms with Gasteiger partial charge >= 0.3 is 5.97 Å². The molecule has 2 N–H and O–H groups in total. The van der Waals surface area contributed by atoms with Crippen LogP contribution in [0, 0.1) is 5.92 Å². The third-order valence-corrected chi connectivity index (χ3v) is 5.03. The molecule has 0 unspecified atom stereocenters. The molecule has 0 amide bonds. The normalized spacial score (nSPS) is 23.4. The monoisotopic (exact) mass is 297 g/mol. The van der Waals surface area contributed by atoms with Gasteiger partial charge in [-0.15, -0.1) is 0 Å². The molecule has 2 rings (SSSR count). The molecule has 1 fully saturated rings. The van der Waals surface area contributed by atoms with Crippen molar-refractivity contribution >= 4 is 16.0 Å². The van der Waals surface area contributed by atoms with E-state index < -0.39 is 16.0 Å². The molecule has 1 aromatic rings. The number of carboxylic acid groups (broad SMARTS) is 1. The van der Waals surface area contributed by atoms with Gasteiger partial charge in [0.2, 0.25) is 10.0 Å². The number of carbonyl (C=O) groups is 1. The number of hydrogen-bond donors (Lipinski definition) is 2. The lowest BCUT2D eigenvalue weighted by molar-refractivity contribution is -0.142. The Balaban J connectivity index is 1.88. The third kappa shape index (κ3) is 4.31. The average Bonchev–Trinajstić information content (AvgIpc) is 2.39. The SMILES string of the molecule is O=C(O)C1CCC(NS(=O)(=O)Cc2ccccc2)CC1. The van der Waals surface area contributed by atoms with Crippen LogP contribution >= 0.6 is 0 Å². The van der Waals surface area contributed by atoms with Gasteiger partial charge in [-0.1, -0.05) is 30.3 Å². The summed E-state index contributed by atoms with van der Waals surface area (Å²) in [6.07, 6.45) is 2.25. The lowest BCUT2D eigenvalue weighted by Gasteiger charge is -2.26. The molecule has 110 valence electrons. The predicted molar refractivity (Wildman–Crippen MR) is 75.6 cm³/mol. The van der Waals surface area contributed by atoms with Gasteiger partial charge in [0.1, 0.15) is 0 Å². The first-order valence-corrected chi connectivity index (χ1v) is 8.38. The fourth-order valence-corrected chi connectivity index (χ4v) is 4.01. The fourth-order valence-electron chi connectivity index (χ4n) is 2.55. The predicted octanol–water partition coefficient (Wildman–Crippen LogP) is 1.75. The second kappa shape index (κ2) is 6.37. The fraction of sp³-hybridized carbons (Fsp3) is 0.500. The molecule has 6 heteroatoms. The summed E-state index contributed by atoms with van der Waals surface area (Å²) in [6, 6.07) is 8.88. The van der Waals surface area contributed by atoms with E-state index in [2.05, 4.69) is 4.72 Å². The maximum atomic E-state index is 12.1. The quantitative estimate of drug-likeness (QED) is 0.867. The minimum absolute atomic E-state index is 0.0350. The molecule has 0 spiro atoms. The Morgan fingerprint density at radius 2 is 1.75 bits per heavy atom. The zero-order valence-electron chi connectivity index (χ0n) is 11.2. The maximum Gasteiger partial charge on any atom is 0.306 e. The molecule has 0 aliphatic heterocycles. The van der Waals surface area contributed by atoms with Crippen LogP contribution in [0.1, 0.15) is 31.2 Å². The molecule has 1 aliphatic carbocycles. The molecular weight excluding hydrogens is 278 g/mol. The van der Waals surface area contributed by atoms with Crippen LogP contribution in [0.4, 0.5) is 0 Å². The number of benzene rings is 1. The van der Waals surface area contributed by atoms with E-state index in [0.717, 1.165) is 5.56 Å². The number of rotatable bonds is 5. The second-order valence-electron chi connectivity index (χ2n) is 5.25. The summed E-state index contributed by atoms with van der Waals surface area (Å²) in [5.74, 6) is -1.15. The summed E-state index contributed by atoms with van der Waals surface area (Å²) in [5, 5.41) is 8.91. The number of nitrogens with one attached hydrogen (secondary N) is 1. The van der Waals surface area contributed by atoms with Gasteiger partial charge in [0.25, 0.3) is 0 Å². The van der Waals surface area contributed by atoms with Gasteiger partial charge in [0.15, 0.2) is 0 Å². The summed E-state index contributed by atoms with van der Waals surface area (Å²) >= 11 is 0. The Morgan fingerprint density at radius 3 is 2.30 bits per heavy atom. The van der Waals surface area contributed by atoms with Crippen LogP contribution in [0.3, 0.4) is 0 Å². The van der Waals surface area contributed by atoms with Gasteiger partial charge in [0, 0.05) is 6.04 Å². The molecule has 5 nitrogen and oxygen atoms in total. The zero-order valence-corrected chi connectivity index (χ0v) is 12.0. The summed E-state index contributed by atoms with van der Waals surface area (Å²) in [4.78, 5) is 10.8. The lowest BCUT2D eigenvalue weighted by Crippen LogP contribution is -2.39. The van der Waals surface area contributed by atoms with Crippen LogP contribution < -0.4 is 4.72 Å². The Kier molecular flexibility index (Phi) is 4.77. The van der Waals surface area contributed by atoms with Gasteiger partial charge in [-0.25, -0.2) is 13.1 Å². The molecule has 1 saturated carbocycles. The topological polar surface area (TPSA) is 83.5 Å². The summed E-state index contributed by atoms with van der Waals surface area (Å²) < 4.78 is 26.8. The molecular formula is C14H19NO4S.